The van der Waals surface area contributed by atoms with Gasteiger partial charge in [-0.1, -0.05) is 35.9 Å². The number of nitrogens with zero attached hydrogens (tertiary/aromatic N) is 2. The van der Waals surface area contributed by atoms with Gasteiger partial charge in [0.25, 0.3) is 0 Å². The molecule has 0 spiro atoms. The van der Waals surface area contributed by atoms with Gasteiger partial charge in [0.05, 0.1) is 12.8 Å². The van der Waals surface area contributed by atoms with E-state index in [1.54, 1.807) is 25.3 Å². The standard InChI is InChI=1S/C20H24ClN3O2/c1-15-5-3-4-6-16(15)14-23-9-11-24(12-10-23)20(25)22-18-13-17(21)7-8-19(18)26-2/h3-8,13H,9-12,14H2,1-2H3,(H,22,25). The highest BCUT2D eigenvalue weighted by Gasteiger charge is 2.22. The molecule has 1 aliphatic rings. The molecule has 0 atom stereocenters. The summed E-state index contributed by atoms with van der Waals surface area (Å²) < 4.78 is 5.28. The van der Waals surface area contributed by atoms with Crippen LogP contribution >= 0.6 is 11.6 Å². The van der Waals surface area contributed by atoms with Crippen molar-refractivity contribution in [1.29, 1.82) is 0 Å². The second-order valence-corrected chi connectivity index (χ2v) is 6.90. The first-order valence-corrected chi connectivity index (χ1v) is 9.11. The van der Waals surface area contributed by atoms with Gasteiger partial charge in [-0.05, 0) is 36.2 Å². The molecule has 0 radical (unpaired) electrons. The fourth-order valence-electron chi connectivity index (χ4n) is 3.11. The third kappa shape index (κ3) is 4.48. The number of aryl methyl sites for hydroxylation is 1. The lowest BCUT2D eigenvalue weighted by atomic mass is 10.1. The number of benzene rings is 2. The average molecular weight is 374 g/mol. The van der Waals surface area contributed by atoms with Crippen LogP contribution in [0.5, 0.6) is 5.75 Å². The SMILES string of the molecule is COc1ccc(Cl)cc1NC(=O)N1CCN(Cc2ccccc2C)CC1. The number of methoxy groups -OCH3 is 1. The van der Waals surface area contributed by atoms with Gasteiger partial charge >= 0.3 is 6.03 Å². The minimum Gasteiger partial charge on any atom is -0.495 e. The molecule has 0 aromatic heterocycles. The molecule has 1 aliphatic heterocycles. The third-order valence-electron chi connectivity index (χ3n) is 4.72. The van der Waals surface area contributed by atoms with Crippen LogP contribution in [0.3, 0.4) is 0 Å². The molecule has 2 aromatic carbocycles. The van der Waals surface area contributed by atoms with Crippen LogP contribution in [0.15, 0.2) is 42.5 Å². The van der Waals surface area contributed by atoms with Crippen LogP contribution in [-0.4, -0.2) is 49.1 Å². The Kier molecular flexibility index (Phi) is 6.01. The zero-order valence-electron chi connectivity index (χ0n) is 15.2. The number of carbonyl (C=O) groups excluding carboxylic acids is 1. The molecule has 1 N–H and O–H groups in total. The quantitative estimate of drug-likeness (QED) is 0.880. The Hall–Kier alpha value is -2.24. The number of hydrogen-bond acceptors (Lipinski definition) is 3. The van der Waals surface area contributed by atoms with E-state index in [9.17, 15) is 4.79 Å². The molecule has 0 aliphatic carbocycles. The van der Waals surface area contributed by atoms with E-state index in [2.05, 4.69) is 41.4 Å². The molecule has 3 rings (SSSR count). The molecule has 1 heterocycles. The molecule has 1 saturated heterocycles. The van der Waals surface area contributed by atoms with Crippen molar-refractivity contribution in [2.75, 3.05) is 38.6 Å². The molecular formula is C20H24ClN3O2. The number of urea groups is 1. The molecule has 26 heavy (non-hydrogen) atoms. The Bertz CT molecular complexity index is 773. The molecule has 1 fully saturated rings. The number of amides is 2. The summed E-state index contributed by atoms with van der Waals surface area (Å²) >= 11 is 6.02. The summed E-state index contributed by atoms with van der Waals surface area (Å²) in [5, 5.41) is 3.46. The number of piperazine rings is 1. The number of hydrogen-bond donors (Lipinski definition) is 1. The number of anilines is 1. The van der Waals surface area contributed by atoms with Crippen molar-refractivity contribution in [2.45, 2.75) is 13.5 Å². The minimum atomic E-state index is -0.124. The summed E-state index contributed by atoms with van der Waals surface area (Å²) in [4.78, 5) is 16.8. The summed E-state index contributed by atoms with van der Waals surface area (Å²) in [7, 11) is 1.57. The number of ether oxygens (including phenoxy) is 1. The van der Waals surface area contributed by atoms with Gasteiger partial charge in [-0.25, -0.2) is 4.79 Å². The lowest BCUT2D eigenvalue weighted by Crippen LogP contribution is -2.49. The van der Waals surface area contributed by atoms with E-state index in [0.29, 0.717) is 29.5 Å². The Morgan fingerprint density at radius 2 is 1.88 bits per heavy atom. The van der Waals surface area contributed by atoms with E-state index in [-0.39, 0.29) is 6.03 Å². The predicted molar refractivity (Wildman–Crippen MR) is 105 cm³/mol. The number of rotatable bonds is 4. The monoisotopic (exact) mass is 373 g/mol. The fourth-order valence-corrected chi connectivity index (χ4v) is 3.28. The third-order valence-corrected chi connectivity index (χ3v) is 4.95. The van der Waals surface area contributed by atoms with E-state index in [1.807, 2.05) is 4.90 Å². The van der Waals surface area contributed by atoms with Crippen molar-refractivity contribution in [3.8, 4) is 5.75 Å². The van der Waals surface area contributed by atoms with Crippen molar-refractivity contribution in [3.63, 3.8) is 0 Å². The number of nitrogens with one attached hydrogen (secondary N) is 1. The smallest absolute Gasteiger partial charge is 0.322 e. The van der Waals surface area contributed by atoms with Crippen molar-refractivity contribution in [1.82, 2.24) is 9.80 Å². The fraction of sp³-hybridized carbons (Fsp3) is 0.350. The van der Waals surface area contributed by atoms with Crippen molar-refractivity contribution in [2.24, 2.45) is 0 Å². The Labute approximate surface area is 159 Å². The maximum Gasteiger partial charge on any atom is 0.322 e. The van der Waals surface area contributed by atoms with E-state index < -0.39 is 0 Å². The van der Waals surface area contributed by atoms with Crippen molar-refractivity contribution < 1.29 is 9.53 Å². The van der Waals surface area contributed by atoms with E-state index >= 15 is 0 Å². The second-order valence-electron chi connectivity index (χ2n) is 6.46. The minimum absolute atomic E-state index is 0.124. The zero-order chi connectivity index (χ0) is 18.5. The lowest BCUT2D eigenvalue weighted by molar-refractivity contribution is 0.143. The first-order valence-electron chi connectivity index (χ1n) is 8.73. The van der Waals surface area contributed by atoms with E-state index in [0.717, 1.165) is 19.6 Å². The van der Waals surface area contributed by atoms with Crippen molar-refractivity contribution in [3.05, 3.63) is 58.6 Å². The highest BCUT2D eigenvalue weighted by atomic mass is 35.5. The average Bonchev–Trinajstić information content (AvgIpc) is 2.64. The van der Waals surface area contributed by atoms with Gasteiger partial charge in [-0.2, -0.15) is 0 Å². The molecular weight excluding hydrogens is 350 g/mol. The van der Waals surface area contributed by atoms with E-state index in [1.165, 1.54) is 11.1 Å². The van der Waals surface area contributed by atoms with Crippen molar-refractivity contribution >= 4 is 23.3 Å². The molecule has 0 saturated carbocycles. The molecule has 6 heteroatoms. The van der Waals surface area contributed by atoms with Gasteiger partial charge in [0.1, 0.15) is 5.75 Å². The van der Waals surface area contributed by atoms with Crippen LogP contribution in [0.1, 0.15) is 11.1 Å². The largest absolute Gasteiger partial charge is 0.495 e. The van der Waals surface area contributed by atoms with Crippen LogP contribution in [-0.2, 0) is 6.54 Å². The first-order chi connectivity index (χ1) is 12.6. The topological polar surface area (TPSA) is 44.8 Å². The summed E-state index contributed by atoms with van der Waals surface area (Å²) in [5.41, 5.74) is 3.24. The van der Waals surface area contributed by atoms with Gasteiger partial charge in [0.15, 0.2) is 0 Å². The van der Waals surface area contributed by atoms with Crippen LogP contribution in [0, 0.1) is 6.92 Å². The van der Waals surface area contributed by atoms with Crippen LogP contribution in [0.2, 0.25) is 5.02 Å². The van der Waals surface area contributed by atoms with Crippen LogP contribution < -0.4 is 10.1 Å². The van der Waals surface area contributed by atoms with Gasteiger partial charge in [0, 0.05) is 37.7 Å². The maximum absolute atomic E-state index is 12.6. The molecule has 0 unspecified atom stereocenters. The van der Waals surface area contributed by atoms with Crippen LogP contribution in [0.4, 0.5) is 10.5 Å². The molecule has 2 amide bonds. The summed E-state index contributed by atoms with van der Waals surface area (Å²) in [6.07, 6.45) is 0. The highest BCUT2D eigenvalue weighted by molar-refractivity contribution is 6.31. The molecule has 2 aromatic rings. The van der Waals surface area contributed by atoms with E-state index in [4.69, 9.17) is 16.3 Å². The van der Waals surface area contributed by atoms with Gasteiger partial charge in [0.2, 0.25) is 0 Å². The zero-order valence-corrected chi connectivity index (χ0v) is 15.9. The Morgan fingerprint density at radius 3 is 2.58 bits per heavy atom. The summed E-state index contributed by atoms with van der Waals surface area (Å²) in [5.74, 6) is 0.598. The number of carbonyl (C=O) groups is 1. The normalized spacial score (nSPS) is 15.0. The van der Waals surface area contributed by atoms with Gasteiger partial charge in [-0.3, -0.25) is 4.90 Å². The van der Waals surface area contributed by atoms with Gasteiger partial charge < -0.3 is 15.0 Å². The maximum atomic E-state index is 12.6. The first kappa shape index (κ1) is 18.5. The van der Waals surface area contributed by atoms with Crippen LogP contribution in [0.25, 0.3) is 0 Å². The molecule has 0 bridgehead atoms. The lowest BCUT2D eigenvalue weighted by Gasteiger charge is -2.35. The van der Waals surface area contributed by atoms with Gasteiger partial charge in [-0.15, -0.1) is 0 Å². The second kappa shape index (κ2) is 8.43. The number of halogens is 1. The highest BCUT2D eigenvalue weighted by Crippen LogP contribution is 2.28. The summed E-state index contributed by atoms with van der Waals surface area (Å²) in [6.45, 7) is 6.16. The predicted octanol–water partition coefficient (Wildman–Crippen LogP) is 4.01. The Morgan fingerprint density at radius 1 is 1.15 bits per heavy atom. The Balaban J connectivity index is 1.55. The molecule has 138 valence electrons. The molecule has 5 nitrogen and oxygen atoms in total. The summed E-state index contributed by atoms with van der Waals surface area (Å²) in [6, 6.07) is 13.5.